The molecule has 1 aromatic heterocycles. The first kappa shape index (κ1) is 13.3. The molecule has 2 N–H and O–H groups in total. The summed E-state index contributed by atoms with van der Waals surface area (Å²) in [5, 5.41) is 0. The first-order chi connectivity index (χ1) is 8.58. The molecule has 1 aliphatic rings. The van der Waals surface area contributed by atoms with Crippen LogP contribution in [0.2, 0.25) is 0 Å². The van der Waals surface area contributed by atoms with Crippen LogP contribution < -0.4 is 10.3 Å². The highest BCUT2D eigenvalue weighted by Crippen LogP contribution is 2.19. The van der Waals surface area contributed by atoms with Crippen molar-refractivity contribution in [1.29, 1.82) is 0 Å². The average Bonchev–Trinajstić information content (AvgIpc) is 2.57. The Hall–Kier alpha value is -1.14. The van der Waals surface area contributed by atoms with E-state index in [1.807, 2.05) is 0 Å². The van der Waals surface area contributed by atoms with Gasteiger partial charge in [-0.3, -0.25) is 4.79 Å². The third kappa shape index (κ3) is 3.43. The van der Waals surface area contributed by atoms with E-state index in [0.717, 1.165) is 25.7 Å². The van der Waals surface area contributed by atoms with E-state index in [0.29, 0.717) is 0 Å². The second-order valence-electron chi connectivity index (χ2n) is 4.70. The highest BCUT2D eigenvalue weighted by Gasteiger charge is 2.20. The van der Waals surface area contributed by atoms with Crippen LogP contribution in [-0.4, -0.2) is 19.4 Å². The van der Waals surface area contributed by atoms with Crippen LogP contribution in [0.4, 0.5) is 0 Å². The van der Waals surface area contributed by atoms with E-state index in [1.54, 1.807) is 0 Å². The van der Waals surface area contributed by atoms with Gasteiger partial charge in [0.15, 0.2) is 0 Å². The smallest absolute Gasteiger partial charge is 0.247 e. The number of aromatic nitrogens is 1. The van der Waals surface area contributed by atoms with Crippen molar-refractivity contribution in [3.05, 3.63) is 28.7 Å². The minimum atomic E-state index is -3.51. The van der Waals surface area contributed by atoms with Crippen LogP contribution >= 0.6 is 0 Å². The van der Waals surface area contributed by atoms with E-state index in [9.17, 15) is 13.2 Å². The van der Waals surface area contributed by atoms with Gasteiger partial charge in [-0.25, -0.2) is 13.1 Å². The van der Waals surface area contributed by atoms with Crippen molar-refractivity contribution in [2.24, 2.45) is 0 Å². The second-order valence-corrected chi connectivity index (χ2v) is 6.41. The van der Waals surface area contributed by atoms with Gasteiger partial charge in [-0.1, -0.05) is 25.7 Å². The Morgan fingerprint density at radius 3 is 2.33 bits per heavy atom. The Morgan fingerprint density at radius 2 is 1.78 bits per heavy atom. The van der Waals surface area contributed by atoms with E-state index in [4.69, 9.17) is 0 Å². The Bertz CT molecular complexity index is 522. The zero-order valence-electron chi connectivity index (χ0n) is 10.2. The first-order valence-corrected chi connectivity index (χ1v) is 7.77. The van der Waals surface area contributed by atoms with Gasteiger partial charge in [-0.2, -0.15) is 0 Å². The van der Waals surface area contributed by atoms with E-state index in [-0.39, 0.29) is 16.5 Å². The van der Waals surface area contributed by atoms with Gasteiger partial charge in [0.05, 0.1) is 4.90 Å². The van der Waals surface area contributed by atoms with Crippen LogP contribution in [0.5, 0.6) is 0 Å². The van der Waals surface area contributed by atoms with Crippen LogP contribution in [-0.2, 0) is 10.0 Å². The Morgan fingerprint density at radius 1 is 1.11 bits per heavy atom. The molecule has 0 aromatic carbocycles. The molecule has 2 rings (SSSR count). The first-order valence-electron chi connectivity index (χ1n) is 6.29. The SMILES string of the molecule is O=c1ccc(S(=O)(=O)NC2CCCCCC2)c[nH]1. The molecule has 6 heteroatoms. The lowest BCUT2D eigenvalue weighted by atomic mass is 10.1. The summed E-state index contributed by atoms with van der Waals surface area (Å²) in [7, 11) is -3.51. The minimum Gasteiger partial charge on any atom is -0.328 e. The van der Waals surface area contributed by atoms with Crippen LogP contribution in [0.1, 0.15) is 38.5 Å². The average molecular weight is 270 g/mol. The molecule has 0 saturated heterocycles. The fraction of sp³-hybridized carbons (Fsp3) is 0.583. The van der Waals surface area contributed by atoms with Gasteiger partial charge in [0.1, 0.15) is 0 Å². The van der Waals surface area contributed by atoms with Gasteiger partial charge in [-0.05, 0) is 18.9 Å². The van der Waals surface area contributed by atoms with Crippen LogP contribution in [0.15, 0.2) is 28.0 Å². The summed E-state index contributed by atoms with van der Waals surface area (Å²) >= 11 is 0. The van der Waals surface area contributed by atoms with Gasteiger partial charge >= 0.3 is 0 Å². The highest BCUT2D eigenvalue weighted by atomic mass is 32.2. The molecule has 1 aliphatic carbocycles. The molecule has 0 atom stereocenters. The van der Waals surface area contributed by atoms with Gasteiger partial charge in [-0.15, -0.1) is 0 Å². The number of hydrogen-bond acceptors (Lipinski definition) is 3. The summed E-state index contributed by atoms with van der Waals surface area (Å²) in [6.07, 6.45) is 7.51. The lowest BCUT2D eigenvalue weighted by molar-refractivity contribution is 0.509. The Balaban J connectivity index is 2.11. The van der Waals surface area contributed by atoms with Crippen molar-refractivity contribution in [3.63, 3.8) is 0 Å². The van der Waals surface area contributed by atoms with Crippen molar-refractivity contribution >= 4 is 10.0 Å². The molecular weight excluding hydrogens is 252 g/mol. The number of aromatic amines is 1. The van der Waals surface area contributed by atoms with Gasteiger partial charge in [0, 0.05) is 18.3 Å². The number of H-pyrrole nitrogens is 1. The van der Waals surface area contributed by atoms with Crippen molar-refractivity contribution in [2.45, 2.75) is 49.5 Å². The molecule has 5 nitrogen and oxygen atoms in total. The normalized spacial score (nSPS) is 18.4. The van der Waals surface area contributed by atoms with E-state index >= 15 is 0 Å². The van der Waals surface area contributed by atoms with Crippen LogP contribution in [0.3, 0.4) is 0 Å². The summed E-state index contributed by atoms with van der Waals surface area (Å²) in [5.41, 5.74) is -0.302. The number of sulfonamides is 1. The lowest BCUT2D eigenvalue weighted by Crippen LogP contribution is -2.34. The van der Waals surface area contributed by atoms with E-state index in [1.165, 1.54) is 31.2 Å². The maximum absolute atomic E-state index is 12.1. The molecule has 0 radical (unpaired) electrons. The second kappa shape index (κ2) is 5.67. The molecule has 1 saturated carbocycles. The van der Waals surface area contributed by atoms with Gasteiger partial charge in [0.2, 0.25) is 15.6 Å². The molecule has 100 valence electrons. The van der Waals surface area contributed by atoms with E-state index in [2.05, 4.69) is 9.71 Å². The number of pyridine rings is 1. The van der Waals surface area contributed by atoms with Crippen molar-refractivity contribution in [3.8, 4) is 0 Å². The molecule has 0 bridgehead atoms. The number of hydrogen-bond donors (Lipinski definition) is 2. The molecule has 1 fully saturated rings. The molecule has 1 heterocycles. The van der Waals surface area contributed by atoms with Crippen LogP contribution in [0, 0.1) is 0 Å². The van der Waals surface area contributed by atoms with E-state index < -0.39 is 10.0 Å². The molecule has 0 amide bonds. The molecule has 0 aliphatic heterocycles. The van der Waals surface area contributed by atoms with Crippen molar-refractivity contribution < 1.29 is 8.42 Å². The summed E-state index contributed by atoms with van der Waals surface area (Å²) in [6, 6.07) is 2.57. The maximum atomic E-state index is 12.1. The summed E-state index contributed by atoms with van der Waals surface area (Å²) < 4.78 is 26.9. The number of rotatable bonds is 3. The number of nitrogens with one attached hydrogen (secondary N) is 2. The quantitative estimate of drug-likeness (QED) is 0.814. The Kier molecular flexibility index (Phi) is 4.19. The van der Waals surface area contributed by atoms with Gasteiger partial charge in [0.25, 0.3) is 0 Å². The molecule has 18 heavy (non-hydrogen) atoms. The predicted octanol–water partition coefficient (Wildman–Crippen LogP) is 1.38. The maximum Gasteiger partial charge on any atom is 0.247 e. The summed E-state index contributed by atoms with van der Waals surface area (Å²) in [4.78, 5) is 13.4. The monoisotopic (exact) mass is 270 g/mol. The predicted molar refractivity (Wildman–Crippen MR) is 68.9 cm³/mol. The third-order valence-electron chi connectivity index (χ3n) is 3.24. The largest absolute Gasteiger partial charge is 0.328 e. The zero-order valence-corrected chi connectivity index (χ0v) is 11.0. The summed E-state index contributed by atoms with van der Waals surface area (Å²) in [5.74, 6) is 0. The minimum absolute atomic E-state index is 0.0180. The highest BCUT2D eigenvalue weighted by molar-refractivity contribution is 7.89. The topological polar surface area (TPSA) is 79.0 Å². The standard InChI is InChI=1S/C12H18N2O3S/c15-12-8-7-11(9-13-12)18(16,17)14-10-5-3-1-2-4-6-10/h7-10,14H,1-6H2,(H,13,15). The third-order valence-corrected chi connectivity index (χ3v) is 4.76. The summed E-state index contributed by atoms with van der Waals surface area (Å²) in [6.45, 7) is 0. The van der Waals surface area contributed by atoms with Crippen molar-refractivity contribution in [2.75, 3.05) is 0 Å². The van der Waals surface area contributed by atoms with Crippen molar-refractivity contribution in [1.82, 2.24) is 9.71 Å². The molecular formula is C12H18N2O3S. The Labute approximate surface area is 107 Å². The fourth-order valence-corrected chi connectivity index (χ4v) is 3.52. The molecule has 0 unspecified atom stereocenters. The molecule has 0 spiro atoms. The van der Waals surface area contributed by atoms with Gasteiger partial charge < -0.3 is 4.98 Å². The molecule has 1 aromatic rings. The zero-order chi connectivity index (χ0) is 13.0. The lowest BCUT2D eigenvalue weighted by Gasteiger charge is -2.16. The van der Waals surface area contributed by atoms with Crippen LogP contribution in [0.25, 0.3) is 0 Å². The fourth-order valence-electron chi connectivity index (χ4n) is 2.25.